The number of halogens is 3. The van der Waals surface area contributed by atoms with Crippen molar-refractivity contribution in [3.8, 4) is 0 Å². The van der Waals surface area contributed by atoms with E-state index in [9.17, 15) is 18.0 Å². The molecule has 0 saturated carbocycles. The average molecular weight is 335 g/mol. The Balaban J connectivity index is 1.84. The van der Waals surface area contributed by atoms with Crippen LogP contribution >= 0.6 is 11.8 Å². The highest BCUT2D eigenvalue weighted by Crippen LogP contribution is 2.18. The smallest absolute Gasteiger partial charge is 0.361 e. The van der Waals surface area contributed by atoms with Crippen molar-refractivity contribution in [3.63, 3.8) is 0 Å². The first-order valence-electron chi connectivity index (χ1n) is 6.66. The highest BCUT2D eigenvalue weighted by atomic mass is 32.2. The number of hydrogen-bond donors (Lipinski definition) is 2. The number of thioether (sulfide) groups is 1. The van der Waals surface area contributed by atoms with Crippen molar-refractivity contribution in [2.45, 2.75) is 6.18 Å². The summed E-state index contributed by atoms with van der Waals surface area (Å²) in [6, 6.07) is 1.69. The van der Waals surface area contributed by atoms with E-state index < -0.39 is 18.6 Å². The summed E-state index contributed by atoms with van der Waals surface area (Å²) in [5.74, 6) is 2.45. The van der Waals surface area contributed by atoms with Crippen LogP contribution in [0.1, 0.15) is 0 Å². The maximum absolute atomic E-state index is 12.0. The number of amides is 1. The molecule has 2 heterocycles. The second-order valence-corrected chi connectivity index (χ2v) is 5.83. The number of carbonyl (C=O) groups excluding carboxylic acids is 1. The third kappa shape index (κ3) is 5.58. The number of alkyl halides is 3. The summed E-state index contributed by atoms with van der Waals surface area (Å²) in [7, 11) is 0. The van der Waals surface area contributed by atoms with Gasteiger partial charge in [-0.25, -0.2) is 9.97 Å². The minimum absolute atomic E-state index is 0.275. The van der Waals surface area contributed by atoms with Crippen LogP contribution in [0, 0.1) is 0 Å². The number of hydrogen-bond acceptors (Lipinski definition) is 6. The zero-order valence-corrected chi connectivity index (χ0v) is 12.5. The molecule has 0 aromatic carbocycles. The zero-order valence-electron chi connectivity index (χ0n) is 11.7. The van der Waals surface area contributed by atoms with Gasteiger partial charge in [-0.05, 0) is 0 Å². The fourth-order valence-electron chi connectivity index (χ4n) is 1.84. The normalized spacial score (nSPS) is 15.5. The molecule has 122 valence electrons. The maximum atomic E-state index is 12.0. The predicted octanol–water partition coefficient (Wildman–Crippen LogP) is 1.12. The first kappa shape index (κ1) is 16.7. The molecule has 1 fully saturated rings. The zero-order chi connectivity index (χ0) is 16.0. The molecule has 0 atom stereocenters. The van der Waals surface area contributed by atoms with Gasteiger partial charge in [0.1, 0.15) is 24.5 Å². The number of carbonyl (C=O) groups is 1. The highest BCUT2D eigenvalue weighted by Gasteiger charge is 2.27. The molecular weight excluding hydrogens is 319 g/mol. The summed E-state index contributed by atoms with van der Waals surface area (Å²) in [4.78, 5) is 21.6. The van der Waals surface area contributed by atoms with Gasteiger partial charge in [-0.1, -0.05) is 0 Å². The van der Waals surface area contributed by atoms with E-state index in [1.165, 1.54) is 6.33 Å². The highest BCUT2D eigenvalue weighted by molar-refractivity contribution is 7.99. The Morgan fingerprint density at radius 2 is 2.05 bits per heavy atom. The molecule has 10 heteroatoms. The van der Waals surface area contributed by atoms with Crippen molar-refractivity contribution in [3.05, 3.63) is 12.4 Å². The molecule has 0 bridgehead atoms. The van der Waals surface area contributed by atoms with Gasteiger partial charge in [0, 0.05) is 30.7 Å². The van der Waals surface area contributed by atoms with Crippen molar-refractivity contribution in [1.29, 1.82) is 0 Å². The molecular formula is C12H16F3N5OS. The van der Waals surface area contributed by atoms with Crippen molar-refractivity contribution in [1.82, 2.24) is 15.3 Å². The van der Waals surface area contributed by atoms with Gasteiger partial charge in [0.25, 0.3) is 0 Å². The molecule has 0 radical (unpaired) electrons. The lowest BCUT2D eigenvalue weighted by Gasteiger charge is -2.27. The molecule has 1 aliphatic heterocycles. The average Bonchev–Trinajstić information content (AvgIpc) is 2.51. The van der Waals surface area contributed by atoms with Gasteiger partial charge >= 0.3 is 6.18 Å². The van der Waals surface area contributed by atoms with E-state index in [2.05, 4.69) is 20.2 Å². The third-order valence-corrected chi connectivity index (χ3v) is 3.85. The van der Waals surface area contributed by atoms with Gasteiger partial charge in [-0.2, -0.15) is 24.9 Å². The van der Waals surface area contributed by atoms with Crippen LogP contribution in [0.5, 0.6) is 0 Å². The van der Waals surface area contributed by atoms with Crippen LogP contribution in [0.4, 0.5) is 24.8 Å². The van der Waals surface area contributed by atoms with Gasteiger partial charge in [0.05, 0.1) is 6.54 Å². The Kier molecular flexibility index (Phi) is 5.69. The summed E-state index contributed by atoms with van der Waals surface area (Å²) < 4.78 is 35.9. The quantitative estimate of drug-likeness (QED) is 0.840. The molecule has 0 unspecified atom stereocenters. The van der Waals surface area contributed by atoms with Gasteiger partial charge in [0.2, 0.25) is 5.91 Å². The molecule has 22 heavy (non-hydrogen) atoms. The molecule has 1 amide bonds. The third-order valence-electron chi connectivity index (χ3n) is 2.90. The molecule has 2 rings (SSSR count). The molecule has 2 N–H and O–H groups in total. The van der Waals surface area contributed by atoms with Crippen molar-refractivity contribution >= 4 is 29.3 Å². The van der Waals surface area contributed by atoms with Crippen LogP contribution in [-0.4, -0.2) is 59.7 Å². The van der Waals surface area contributed by atoms with Crippen molar-refractivity contribution < 1.29 is 18.0 Å². The largest absolute Gasteiger partial charge is 0.405 e. The van der Waals surface area contributed by atoms with Crippen molar-refractivity contribution in [2.24, 2.45) is 0 Å². The maximum Gasteiger partial charge on any atom is 0.405 e. The number of nitrogens with one attached hydrogen (secondary N) is 2. The Labute approximate surface area is 129 Å². The fraction of sp³-hybridized carbons (Fsp3) is 0.583. The summed E-state index contributed by atoms with van der Waals surface area (Å²) in [5, 5.41) is 4.49. The summed E-state index contributed by atoms with van der Waals surface area (Å²) in [6.45, 7) is 0.150. The minimum Gasteiger partial charge on any atom is -0.361 e. The molecule has 6 nitrogen and oxygen atoms in total. The molecule has 1 aliphatic rings. The Hall–Kier alpha value is -1.71. The number of aromatic nitrogens is 2. The van der Waals surface area contributed by atoms with E-state index in [0.717, 1.165) is 30.4 Å². The monoisotopic (exact) mass is 335 g/mol. The van der Waals surface area contributed by atoms with E-state index in [1.807, 2.05) is 11.8 Å². The Morgan fingerprint density at radius 3 is 2.73 bits per heavy atom. The number of rotatable bonds is 5. The standard InChI is InChI=1S/C12H16F3N5OS/c13-12(14,15)7-17-11(21)6-16-9-5-10(19-8-18-9)20-1-3-22-4-2-20/h5,8H,1-4,6-7H2,(H,17,21)(H,16,18,19). The van der Waals surface area contributed by atoms with Crippen LogP contribution in [0.15, 0.2) is 12.4 Å². The van der Waals surface area contributed by atoms with Gasteiger partial charge in [0.15, 0.2) is 0 Å². The lowest BCUT2D eigenvalue weighted by molar-refractivity contribution is -0.137. The molecule has 0 aliphatic carbocycles. The second-order valence-electron chi connectivity index (χ2n) is 4.61. The van der Waals surface area contributed by atoms with Gasteiger partial charge in [-0.3, -0.25) is 4.79 Å². The minimum atomic E-state index is -4.41. The first-order valence-corrected chi connectivity index (χ1v) is 7.81. The van der Waals surface area contributed by atoms with Crippen LogP contribution in [-0.2, 0) is 4.79 Å². The van der Waals surface area contributed by atoms with Gasteiger partial charge in [-0.15, -0.1) is 0 Å². The van der Waals surface area contributed by atoms with Crippen LogP contribution < -0.4 is 15.5 Å². The first-order chi connectivity index (χ1) is 10.4. The van der Waals surface area contributed by atoms with Crippen LogP contribution in [0.3, 0.4) is 0 Å². The lowest BCUT2D eigenvalue weighted by Crippen LogP contribution is -2.37. The molecule has 0 spiro atoms. The van der Waals surface area contributed by atoms with Gasteiger partial charge < -0.3 is 15.5 Å². The topological polar surface area (TPSA) is 70.2 Å². The number of anilines is 2. The molecule has 1 saturated heterocycles. The predicted molar refractivity (Wildman–Crippen MR) is 79.1 cm³/mol. The van der Waals surface area contributed by atoms with Crippen LogP contribution in [0.25, 0.3) is 0 Å². The SMILES string of the molecule is O=C(CNc1cc(N2CCSCC2)ncn1)NCC(F)(F)F. The van der Waals surface area contributed by atoms with E-state index in [1.54, 1.807) is 11.4 Å². The number of nitrogens with zero attached hydrogens (tertiary/aromatic N) is 3. The molecule has 1 aromatic rings. The Morgan fingerprint density at radius 1 is 1.32 bits per heavy atom. The van der Waals surface area contributed by atoms with E-state index in [-0.39, 0.29) is 6.54 Å². The van der Waals surface area contributed by atoms with E-state index >= 15 is 0 Å². The van der Waals surface area contributed by atoms with Crippen LogP contribution in [0.2, 0.25) is 0 Å². The summed E-state index contributed by atoms with van der Waals surface area (Å²) >= 11 is 1.87. The summed E-state index contributed by atoms with van der Waals surface area (Å²) in [6.07, 6.45) is -3.04. The fourth-order valence-corrected chi connectivity index (χ4v) is 2.74. The van der Waals surface area contributed by atoms with E-state index in [0.29, 0.717) is 5.82 Å². The van der Waals surface area contributed by atoms with Crippen molar-refractivity contribution in [2.75, 3.05) is 47.9 Å². The lowest BCUT2D eigenvalue weighted by atomic mass is 10.4. The second kappa shape index (κ2) is 7.52. The Bertz CT molecular complexity index is 508. The summed E-state index contributed by atoms with van der Waals surface area (Å²) in [5.41, 5.74) is 0. The molecule has 1 aromatic heterocycles. The van der Waals surface area contributed by atoms with E-state index in [4.69, 9.17) is 0 Å².